The van der Waals surface area contributed by atoms with E-state index >= 15 is 0 Å². The molecule has 1 unspecified atom stereocenters. The highest BCUT2D eigenvalue weighted by molar-refractivity contribution is 6.32. The standard InChI is InChI=1S/C16H17ClFNO/c1-10-3-5-15(12(7-10)8-11(2)19)20-16-6-4-13(18)9-14(16)17/h3-7,9,11H,8,19H2,1-2H3. The van der Waals surface area contributed by atoms with Crippen LogP contribution in [0.4, 0.5) is 4.39 Å². The zero-order chi connectivity index (χ0) is 14.7. The van der Waals surface area contributed by atoms with Gasteiger partial charge >= 0.3 is 0 Å². The van der Waals surface area contributed by atoms with Gasteiger partial charge in [-0.2, -0.15) is 0 Å². The first-order valence-electron chi connectivity index (χ1n) is 6.43. The van der Waals surface area contributed by atoms with Gasteiger partial charge in [-0.1, -0.05) is 29.3 Å². The summed E-state index contributed by atoms with van der Waals surface area (Å²) in [5.74, 6) is 0.742. The molecule has 0 heterocycles. The van der Waals surface area contributed by atoms with Gasteiger partial charge in [-0.15, -0.1) is 0 Å². The van der Waals surface area contributed by atoms with Crippen LogP contribution in [0.25, 0.3) is 0 Å². The number of hydrogen-bond acceptors (Lipinski definition) is 2. The Morgan fingerprint density at radius 2 is 1.90 bits per heavy atom. The second-order valence-corrected chi connectivity index (χ2v) is 5.38. The molecule has 106 valence electrons. The molecule has 0 spiro atoms. The minimum atomic E-state index is -0.387. The van der Waals surface area contributed by atoms with Gasteiger partial charge in [0, 0.05) is 6.04 Å². The van der Waals surface area contributed by atoms with Gasteiger partial charge in [0.1, 0.15) is 17.3 Å². The highest BCUT2D eigenvalue weighted by Gasteiger charge is 2.10. The number of hydrogen-bond donors (Lipinski definition) is 1. The predicted octanol–water partition coefficient (Wildman–Crippen LogP) is 4.47. The van der Waals surface area contributed by atoms with Crippen LogP contribution in [0.15, 0.2) is 36.4 Å². The van der Waals surface area contributed by atoms with E-state index < -0.39 is 0 Å². The lowest BCUT2D eigenvalue weighted by Gasteiger charge is -2.14. The van der Waals surface area contributed by atoms with Crippen molar-refractivity contribution in [3.05, 3.63) is 58.4 Å². The van der Waals surface area contributed by atoms with Crippen molar-refractivity contribution in [2.45, 2.75) is 26.3 Å². The van der Waals surface area contributed by atoms with Gasteiger partial charge in [-0.25, -0.2) is 4.39 Å². The van der Waals surface area contributed by atoms with E-state index in [0.29, 0.717) is 17.9 Å². The molecular weight excluding hydrogens is 277 g/mol. The molecule has 2 N–H and O–H groups in total. The summed E-state index contributed by atoms with van der Waals surface area (Å²) >= 11 is 5.98. The lowest BCUT2D eigenvalue weighted by molar-refractivity contribution is 0.472. The van der Waals surface area contributed by atoms with E-state index in [1.54, 1.807) is 0 Å². The largest absolute Gasteiger partial charge is 0.456 e. The molecule has 2 nitrogen and oxygen atoms in total. The molecule has 0 amide bonds. The third kappa shape index (κ3) is 3.71. The van der Waals surface area contributed by atoms with E-state index in [-0.39, 0.29) is 16.9 Å². The first kappa shape index (κ1) is 14.8. The van der Waals surface area contributed by atoms with Gasteiger partial charge in [0.25, 0.3) is 0 Å². The fraction of sp³-hybridized carbons (Fsp3) is 0.250. The average Bonchev–Trinajstić information content (AvgIpc) is 2.34. The van der Waals surface area contributed by atoms with Crippen LogP contribution in [0, 0.1) is 12.7 Å². The van der Waals surface area contributed by atoms with Crippen LogP contribution < -0.4 is 10.5 Å². The maximum Gasteiger partial charge on any atom is 0.146 e. The first-order chi connectivity index (χ1) is 9.45. The van der Waals surface area contributed by atoms with Crippen molar-refractivity contribution < 1.29 is 9.13 Å². The van der Waals surface area contributed by atoms with Crippen LogP contribution in [-0.2, 0) is 6.42 Å². The topological polar surface area (TPSA) is 35.2 Å². The van der Waals surface area contributed by atoms with E-state index in [2.05, 4.69) is 0 Å². The van der Waals surface area contributed by atoms with Gasteiger partial charge < -0.3 is 10.5 Å². The Balaban J connectivity index is 2.32. The molecule has 0 fully saturated rings. The van der Waals surface area contributed by atoms with Crippen molar-refractivity contribution >= 4 is 11.6 Å². The van der Waals surface area contributed by atoms with Crippen molar-refractivity contribution in [2.75, 3.05) is 0 Å². The fourth-order valence-corrected chi connectivity index (χ4v) is 2.20. The summed E-state index contributed by atoms with van der Waals surface area (Å²) in [5, 5.41) is 0.248. The van der Waals surface area contributed by atoms with Gasteiger partial charge in [-0.05, 0) is 50.1 Å². The molecule has 0 aliphatic carbocycles. The Hall–Kier alpha value is -1.58. The lowest BCUT2D eigenvalue weighted by Crippen LogP contribution is -2.18. The van der Waals surface area contributed by atoms with Crippen molar-refractivity contribution in [1.29, 1.82) is 0 Å². The summed E-state index contributed by atoms with van der Waals surface area (Å²) in [6.07, 6.45) is 0.704. The maximum absolute atomic E-state index is 13.0. The smallest absolute Gasteiger partial charge is 0.146 e. The SMILES string of the molecule is Cc1ccc(Oc2ccc(F)cc2Cl)c(CC(C)N)c1. The molecule has 0 radical (unpaired) electrons. The Kier molecular flexibility index (Phi) is 4.63. The predicted molar refractivity (Wildman–Crippen MR) is 80.0 cm³/mol. The maximum atomic E-state index is 13.0. The van der Waals surface area contributed by atoms with E-state index in [9.17, 15) is 4.39 Å². The molecule has 0 aromatic heterocycles. The average molecular weight is 294 g/mol. The Morgan fingerprint density at radius 3 is 2.55 bits per heavy atom. The fourth-order valence-electron chi connectivity index (χ4n) is 1.99. The number of halogens is 2. The summed E-state index contributed by atoms with van der Waals surface area (Å²) in [7, 11) is 0. The summed E-state index contributed by atoms with van der Waals surface area (Å²) in [6.45, 7) is 3.95. The molecule has 2 aromatic carbocycles. The van der Waals surface area contributed by atoms with Crippen molar-refractivity contribution in [3.63, 3.8) is 0 Å². The number of aryl methyl sites for hydroxylation is 1. The number of rotatable bonds is 4. The van der Waals surface area contributed by atoms with Crippen molar-refractivity contribution in [3.8, 4) is 11.5 Å². The minimum absolute atomic E-state index is 0.0304. The van der Waals surface area contributed by atoms with Crippen molar-refractivity contribution in [1.82, 2.24) is 0 Å². The van der Waals surface area contributed by atoms with Crippen LogP contribution in [0.3, 0.4) is 0 Å². The number of ether oxygens (including phenoxy) is 1. The molecular formula is C16H17ClFNO. The molecule has 0 aliphatic rings. The van der Waals surface area contributed by atoms with Crippen molar-refractivity contribution in [2.24, 2.45) is 5.73 Å². The highest BCUT2D eigenvalue weighted by atomic mass is 35.5. The second-order valence-electron chi connectivity index (χ2n) is 4.97. The number of nitrogens with two attached hydrogens (primary N) is 1. The minimum Gasteiger partial charge on any atom is -0.456 e. The van der Waals surface area contributed by atoms with E-state index in [4.69, 9.17) is 22.1 Å². The Morgan fingerprint density at radius 1 is 1.20 bits per heavy atom. The van der Waals surface area contributed by atoms with Gasteiger partial charge in [0.15, 0.2) is 0 Å². The second kappa shape index (κ2) is 6.25. The van der Waals surface area contributed by atoms with Crippen LogP contribution >= 0.6 is 11.6 Å². The molecule has 4 heteroatoms. The van der Waals surface area contributed by atoms with Crippen LogP contribution in [-0.4, -0.2) is 6.04 Å². The molecule has 2 aromatic rings. The zero-order valence-corrected chi connectivity index (χ0v) is 12.2. The summed E-state index contributed by atoms with van der Waals surface area (Å²) in [6, 6.07) is 9.98. The van der Waals surface area contributed by atoms with Gasteiger partial charge in [0.05, 0.1) is 5.02 Å². The van der Waals surface area contributed by atoms with E-state index in [1.807, 2.05) is 32.0 Å². The lowest BCUT2D eigenvalue weighted by atomic mass is 10.0. The summed E-state index contributed by atoms with van der Waals surface area (Å²) < 4.78 is 18.8. The summed E-state index contributed by atoms with van der Waals surface area (Å²) in [5.41, 5.74) is 8.01. The molecule has 20 heavy (non-hydrogen) atoms. The first-order valence-corrected chi connectivity index (χ1v) is 6.81. The zero-order valence-electron chi connectivity index (χ0n) is 11.5. The van der Waals surface area contributed by atoms with E-state index in [1.165, 1.54) is 18.2 Å². The highest BCUT2D eigenvalue weighted by Crippen LogP contribution is 2.32. The van der Waals surface area contributed by atoms with Crippen LogP contribution in [0.1, 0.15) is 18.1 Å². The Bertz CT molecular complexity index is 613. The van der Waals surface area contributed by atoms with Gasteiger partial charge in [-0.3, -0.25) is 0 Å². The third-order valence-electron chi connectivity index (χ3n) is 2.87. The van der Waals surface area contributed by atoms with Crippen LogP contribution in [0.5, 0.6) is 11.5 Å². The van der Waals surface area contributed by atoms with Gasteiger partial charge in [0.2, 0.25) is 0 Å². The molecule has 0 saturated carbocycles. The third-order valence-corrected chi connectivity index (χ3v) is 3.17. The molecule has 2 rings (SSSR count). The molecule has 0 saturated heterocycles. The Labute approximate surface area is 123 Å². The molecule has 1 atom stereocenters. The molecule has 0 aliphatic heterocycles. The summed E-state index contributed by atoms with van der Waals surface area (Å²) in [4.78, 5) is 0. The van der Waals surface area contributed by atoms with Crippen LogP contribution in [0.2, 0.25) is 5.02 Å². The quantitative estimate of drug-likeness (QED) is 0.902. The molecule has 0 bridgehead atoms. The normalized spacial score (nSPS) is 12.2. The van der Waals surface area contributed by atoms with E-state index in [0.717, 1.165) is 11.1 Å². The number of benzene rings is 2. The monoisotopic (exact) mass is 293 g/mol.